The van der Waals surface area contributed by atoms with Crippen LogP contribution in [0.2, 0.25) is 0 Å². The first kappa shape index (κ1) is 15.4. The van der Waals surface area contributed by atoms with Crippen LogP contribution < -0.4 is 5.43 Å². The summed E-state index contributed by atoms with van der Waals surface area (Å²) in [5.74, 6) is -0.233. The number of allylic oxidation sites excluding steroid dienone is 1. The smallest absolute Gasteiger partial charge is 0.269 e. The number of carbonyl (C=O) groups excluding carboxylic acids is 1. The second-order valence-electron chi connectivity index (χ2n) is 4.96. The average Bonchev–Trinajstić information content (AvgIpc) is 3.07. The molecule has 5 heteroatoms. The number of aliphatic imine (C=N–C) groups is 1. The van der Waals surface area contributed by atoms with Gasteiger partial charge in [0.05, 0.1) is 18.5 Å². The summed E-state index contributed by atoms with van der Waals surface area (Å²) in [7, 11) is 0. The Morgan fingerprint density at radius 2 is 1.87 bits per heavy atom. The first-order valence-corrected chi connectivity index (χ1v) is 7.92. The summed E-state index contributed by atoms with van der Waals surface area (Å²) < 4.78 is 0.924. The molecular weight excluding hydrogens is 354 g/mol. The predicted octanol–water partition coefficient (Wildman–Crippen LogP) is 3.33. The van der Waals surface area contributed by atoms with Crippen LogP contribution >= 0.6 is 15.9 Å². The van der Waals surface area contributed by atoms with Crippen molar-refractivity contribution in [1.29, 1.82) is 0 Å². The van der Waals surface area contributed by atoms with Crippen molar-refractivity contribution in [3.63, 3.8) is 0 Å². The van der Waals surface area contributed by atoms with Crippen LogP contribution in [0.1, 0.15) is 11.1 Å². The van der Waals surface area contributed by atoms with Gasteiger partial charge in [0.1, 0.15) is 0 Å². The molecule has 2 aromatic carbocycles. The number of hydrogen-bond donors (Lipinski definition) is 1. The van der Waals surface area contributed by atoms with E-state index in [0.29, 0.717) is 12.1 Å². The van der Waals surface area contributed by atoms with Gasteiger partial charge in [0.25, 0.3) is 5.91 Å². The monoisotopic (exact) mass is 367 g/mol. The third kappa shape index (κ3) is 3.81. The van der Waals surface area contributed by atoms with Gasteiger partial charge in [0, 0.05) is 15.6 Å². The Morgan fingerprint density at radius 3 is 2.65 bits per heavy atom. The zero-order valence-corrected chi connectivity index (χ0v) is 13.8. The molecule has 3 rings (SSSR count). The molecule has 4 nitrogen and oxygen atoms in total. The van der Waals surface area contributed by atoms with Crippen molar-refractivity contribution >= 4 is 33.8 Å². The van der Waals surface area contributed by atoms with E-state index in [9.17, 15) is 4.79 Å². The van der Waals surface area contributed by atoms with Gasteiger partial charge in [-0.15, -0.1) is 0 Å². The number of amides is 1. The summed E-state index contributed by atoms with van der Waals surface area (Å²) in [5, 5.41) is 4.00. The number of rotatable bonds is 4. The van der Waals surface area contributed by atoms with Gasteiger partial charge in [-0.25, -0.2) is 5.43 Å². The molecule has 1 aliphatic heterocycles. The van der Waals surface area contributed by atoms with E-state index in [1.807, 2.05) is 54.6 Å². The van der Waals surface area contributed by atoms with Crippen molar-refractivity contribution in [2.45, 2.75) is 0 Å². The van der Waals surface area contributed by atoms with Gasteiger partial charge in [-0.1, -0.05) is 64.5 Å². The zero-order chi connectivity index (χ0) is 16.1. The lowest BCUT2D eigenvalue weighted by Gasteiger charge is -2.00. The second-order valence-corrected chi connectivity index (χ2v) is 5.81. The molecule has 2 aromatic rings. The van der Waals surface area contributed by atoms with E-state index in [4.69, 9.17) is 0 Å². The summed E-state index contributed by atoms with van der Waals surface area (Å²) in [6.45, 7) is 0.376. The summed E-state index contributed by atoms with van der Waals surface area (Å²) in [5.41, 5.74) is 5.87. The number of benzene rings is 2. The van der Waals surface area contributed by atoms with E-state index in [1.54, 1.807) is 12.3 Å². The fourth-order valence-corrected chi connectivity index (χ4v) is 2.55. The first-order valence-electron chi connectivity index (χ1n) is 7.12. The molecule has 0 fully saturated rings. The minimum Gasteiger partial charge on any atom is -0.280 e. The van der Waals surface area contributed by atoms with Gasteiger partial charge in [-0.2, -0.15) is 5.10 Å². The maximum Gasteiger partial charge on any atom is 0.269 e. The minimum absolute atomic E-state index is 0.233. The molecule has 1 N–H and O–H groups in total. The third-order valence-corrected chi connectivity index (χ3v) is 4.09. The number of hydrogen-bond acceptors (Lipinski definition) is 3. The molecule has 114 valence electrons. The number of carbonyl (C=O) groups is 1. The summed E-state index contributed by atoms with van der Waals surface area (Å²) in [4.78, 5) is 16.5. The molecule has 0 saturated heterocycles. The molecule has 0 aliphatic carbocycles. The Morgan fingerprint density at radius 1 is 1.13 bits per heavy atom. The fraction of sp³-hybridized carbons (Fsp3) is 0.0556. The molecule has 1 heterocycles. The highest BCUT2D eigenvalue weighted by molar-refractivity contribution is 9.10. The van der Waals surface area contributed by atoms with E-state index >= 15 is 0 Å². The predicted molar refractivity (Wildman–Crippen MR) is 95.8 cm³/mol. The van der Waals surface area contributed by atoms with Crippen molar-refractivity contribution in [3.05, 3.63) is 81.8 Å². The van der Waals surface area contributed by atoms with Crippen LogP contribution in [-0.4, -0.2) is 24.4 Å². The molecule has 0 unspecified atom stereocenters. The first-order chi connectivity index (χ1) is 11.2. The second kappa shape index (κ2) is 7.15. The molecule has 1 amide bonds. The van der Waals surface area contributed by atoms with E-state index in [2.05, 4.69) is 31.4 Å². The van der Waals surface area contributed by atoms with Crippen LogP contribution in [0.15, 0.2) is 80.8 Å². The van der Waals surface area contributed by atoms with Crippen LogP contribution in [0.25, 0.3) is 0 Å². The highest BCUT2D eigenvalue weighted by atomic mass is 79.9. The van der Waals surface area contributed by atoms with Crippen LogP contribution in [-0.2, 0) is 4.79 Å². The molecule has 0 radical (unpaired) electrons. The lowest BCUT2D eigenvalue weighted by molar-refractivity contribution is -0.117. The lowest BCUT2D eigenvalue weighted by Crippen LogP contribution is -2.20. The SMILES string of the molecule is O=C(N/N=C/c1ccccc1Br)C1=CC(c2ccccc2)=NC1. The summed E-state index contributed by atoms with van der Waals surface area (Å²) in [6.07, 6.45) is 3.41. The van der Waals surface area contributed by atoms with Crippen LogP contribution in [0, 0.1) is 0 Å². The van der Waals surface area contributed by atoms with Crippen molar-refractivity contribution in [2.24, 2.45) is 10.1 Å². The summed E-state index contributed by atoms with van der Waals surface area (Å²) in [6, 6.07) is 17.5. The maximum absolute atomic E-state index is 12.1. The number of hydrazone groups is 1. The number of nitrogens with one attached hydrogen (secondary N) is 1. The quantitative estimate of drug-likeness (QED) is 0.653. The highest BCUT2D eigenvalue weighted by Crippen LogP contribution is 2.14. The molecular formula is C18H14BrN3O. The molecule has 1 aliphatic rings. The van der Waals surface area contributed by atoms with Crippen LogP contribution in [0.3, 0.4) is 0 Å². The number of nitrogens with zero attached hydrogens (tertiary/aromatic N) is 2. The lowest BCUT2D eigenvalue weighted by atomic mass is 10.1. The Bertz CT molecular complexity index is 810. The Balaban J connectivity index is 1.63. The Hall–Kier alpha value is -2.53. The minimum atomic E-state index is -0.233. The van der Waals surface area contributed by atoms with Gasteiger partial charge < -0.3 is 0 Å². The average molecular weight is 368 g/mol. The molecule has 0 aromatic heterocycles. The fourth-order valence-electron chi connectivity index (χ4n) is 2.16. The molecule has 0 saturated carbocycles. The third-order valence-electron chi connectivity index (χ3n) is 3.37. The molecule has 0 atom stereocenters. The van der Waals surface area contributed by atoms with E-state index in [0.717, 1.165) is 21.3 Å². The molecule has 23 heavy (non-hydrogen) atoms. The Kier molecular flexibility index (Phi) is 4.78. The van der Waals surface area contributed by atoms with Gasteiger partial charge >= 0.3 is 0 Å². The number of halogens is 1. The van der Waals surface area contributed by atoms with Crippen molar-refractivity contribution in [1.82, 2.24) is 5.43 Å². The van der Waals surface area contributed by atoms with E-state index in [-0.39, 0.29) is 5.91 Å². The van der Waals surface area contributed by atoms with Gasteiger partial charge in [-0.05, 0) is 17.7 Å². The van der Waals surface area contributed by atoms with E-state index in [1.165, 1.54) is 0 Å². The van der Waals surface area contributed by atoms with Gasteiger partial charge in [0.2, 0.25) is 0 Å². The maximum atomic E-state index is 12.1. The Labute approximate surface area is 142 Å². The van der Waals surface area contributed by atoms with Gasteiger partial charge in [-0.3, -0.25) is 9.79 Å². The standard InChI is InChI=1S/C18H14BrN3O/c19-16-9-5-4-8-14(16)12-21-22-18(23)15-10-17(20-11-15)13-6-2-1-3-7-13/h1-10,12H,11H2,(H,22,23)/b21-12+. The van der Waals surface area contributed by atoms with Gasteiger partial charge in [0.15, 0.2) is 0 Å². The van der Waals surface area contributed by atoms with E-state index < -0.39 is 0 Å². The normalized spacial score (nSPS) is 13.8. The van der Waals surface area contributed by atoms with Crippen LogP contribution in [0.5, 0.6) is 0 Å². The zero-order valence-electron chi connectivity index (χ0n) is 12.2. The van der Waals surface area contributed by atoms with Crippen LogP contribution in [0.4, 0.5) is 0 Å². The van der Waals surface area contributed by atoms with Crippen molar-refractivity contribution in [2.75, 3.05) is 6.54 Å². The largest absolute Gasteiger partial charge is 0.280 e. The highest BCUT2D eigenvalue weighted by Gasteiger charge is 2.15. The van der Waals surface area contributed by atoms with Crippen molar-refractivity contribution in [3.8, 4) is 0 Å². The molecule has 0 bridgehead atoms. The van der Waals surface area contributed by atoms with Crippen molar-refractivity contribution < 1.29 is 4.79 Å². The molecule has 0 spiro atoms. The summed E-state index contributed by atoms with van der Waals surface area (Å²) >= 11 is 3.43. The topological polar surface area (TPSA) is 53.8 Å².